The summed E-state index contributed by atoms with van der Waals surface area (Å²) in [5.74, 6) is -0.0520. The lowest BCUT2D eigenvalue weighted by atomic mass is 10.0. The molecular weight excluding hydrogens is 1020 g/mol. The van der Waals surface area contributed by atoms with Crippen molar-refractivity contribution in [3.8, 4) is 0 Å². The first-order valence-corrected chi connectivity index (χ1v) is 37.8. The molecule has 0 saturated carbocycles. The molecule has 0 aromatic rings. The van der Waals surface area contributed by atoms with Crippen LogP contribution in [0.4, 0.5) is 0 Å². The van der Waals surface area contributed by atoms with Gasteiger partial charge in [-0.3, -0.25) is 9.59 Å². The summed E-state index contributed by atoms with van der Waals surface area (Å²) in [7, 11) is 0. The first-order valence-electron chi connectivity index (χ1n) is 37.8. The summed E-state index contributed by atoms with van der Waals surface area (Å²) in [6, 6.07) is -0.625. The highest BCUT2D eigenvalue weighted by Gasteiger charge is 2.18. The molecule has 0 aromatic heterocycles. The third-order valence-corrected chi connectivity index (χ3v) is 17.7. The Morgan fingerprint density at radius 1 is 0.337 bits per heavy atom. The third-order valence-electron chi connectivity index (χ3n) is 17.7. The van der Waals surface area contributed by atoms with E-state index in [9.17, 15) is 19.8 Å². The van der Waals surface area contributed by atoms with E-state index < -0.39 is 12.1 Å². The monoisotopic (exact) mass is 1170 g/mol. The van der Waals surface area contributed by atoms with Crippen LogP contribution in [-0.2, 0) is 14.3 Å². The highest BCUT2D eigenvalue weighted by Crippen LogP contribution is 2.19. The molecule has 0 radical (unpaired) electrons. The molecule has 490 valence electrons. The number of hydrogen-bond donors (Lipinski definition) is 3. The van der Waals surface area contributed by atoms with Crippen LogP contribution < -0.4 is 5.32 Å². The lowest BCUT2D eigenvalue weighted by Crippen LogP contribution is -2.45. The van der Waals surface area contributed by atoms with Crippen molar-refractivity contribution in [3.05, 3.63) is 36.5 Å². The molecule has 0 aliphatic heterocycles. The number of unbranched alkanes of at least 4 members (excludes halogenated alkanes) is 56. The van der Waals surface area contributed by atoms with Gasteiger partial charge in [0, 0.05) is 12.8 Å². The average Bonchev–Trinajstić information content (AvgIpc) is 3.49. The van der Waals surface area contributed by atoms with Gasteiger partial charge in [-0.1, -0.05) is 378 Å². The predicted octanol–water partition coefficient (Wildman–Crippen LogP) is 24.7. The zero-order chi connectivity index (χ0) is 59.9. The fourth-order valence-corrected chi connectivity index (χ4v) is 11.9. The first kappa shape index (κ1) is 81.1. The van der Waals surface area contributed by atoms with Gasteiger partial charge in [0.05, 0.1) is 25.4 Å². The smallest absolute Gasteiger partial charge is 0.305 e. The van der Waals surface area contributed by atoms with Gasteiger partial charge in [-0.25, -0.2) is 0 Å². The summed E-state index contributed by atoms with van der Waals surface area (Å²) in [6.07, 6.45) is 93.9. The standard InChI is InChI=1S/C77H147NO5/c1-3-5-7-9-11-13-15-17-19-21-38-41-45-49-53-57-61-65-69-75(80)74(73-79)78-76(81)70-66-62-58-54-50-46-42-39-36-34-32-30-28-26-24-22-23-25-27-29-31-33-35-37-40-44-48-52-56-60-64-68-72-83-77(82)71-67-63-59-55-51-47-43-20-18-16-14-12-10-8-6-4-2/h14,16,20,43,65,69,74-75,79-80H,3-13,15,17-19,21-42,44-64,66-68,70-73H2,1-2H3,(H,78,81)/b16-14-,43-20-,69-65+. The zero-order valence-electron chi connectivity index (χ0n) is 56.2. The molecule has 6 heteroatoms. The molecule has 3 N–H and O–H groups in total. The molecule has 2 unspecified atom stereocenters. The fourth-order valence-electron chi connectivity index (χ4n) is 11.9. The summed E-state index contributed by atoms with van der Waals surface area (Å²) in [6.45, 7) is 4.92. The molecule has 0 bridgehead atoms. The van der Waals surface area contributed by atoms with Crippen molar-refractivity contribution in [2.75, 3.05) is 13.2 Å². The molecule has 0 aliphatic carbocycles. The Balaban J connectivity index is 3.34. The lowest BCUT2D eigenvalue weighted by Gasteiger charge is -2.20. The van der Waals surface area contributed by atoms with Gasteiger partial charge >= 0.3 is 5.97 Å². The fraction of sp³-hybridized carbons (Fsp3) is 0.896. The Morgan fingerprint density at radius 3 is 0.928 bits per heavy atom. The van der Waals surface area contributed by atoms with Crippen molar-refractivity contribution in [2.24, 2.45) is 0 Å². The van der Waals surface area contributed by atoms with E-state index in [4.69, 9.17) is 4.74 Å². The van der Waals surface area contributed by atoms with Crippen LogP contribution in [0.15, 0.2) is 36.5 Å². The normalized spacial score (nSPS) is 12.7. The number of ether oxygens (including phenoxy) is 1. The highest BCUT2D eigenvalue weighted by atomic mass is 16.5. The molecular formula is C77H147NO5. The summed E-state index contributed by atoms with van der Waals surface area (Å²) in [5, 5.41) is 23.2. The Morgan fingerprint density at radius 2 is 0.602 bits per heavy atom. The minimum absolute atomic E-state index is 0.00796. The third kappa shape index (κ3) is 69.1. The van der Waals surface area contributed by atoms with Crippen molar-refractivity contribution in [1.29, 1.82) is 0 Å². The van der Waals surface area contributed by atoms with Gasteiger partial charge in [0.15, 0.2) is 0 Å². The number of amides is 1. The Labute approximate surface area is 519 Å². The Kier molecular flexibility index (Phi) is 70.9. The van der Waals surface area contributed by atoms with E-state index in [0.29, 0.717) is 19.4 Å². The second-order valence-corrected chi connectivity index (χ2v) is 26.0. The van der Waals surface area contributed by atoms with E-state index in [0.717, 1.165) is 51.4 Å². The van der Waals surface area contributed by atoms with E-state index in [-0.39, 0.29) is 18.5 Å². The molecule has 2 atom stereocenters. The van der Waals surface area contributed by atoms with Crippen LogP contribution in [0, 0.1) is 0 Å². The van der Waals surface area contributed by atoms with Crippen molar-refractivity contribution in [2.45, 2.75) is 431 Å². The van der Waals surface area contributed by atoms with Crippen molar-refractivity contribution in [1.82, 2.24) is 5.32 Å². The van der Waals surface area contributed by atoms with E-state index >= 15 is 0 Å². The van der Waals surface area contributed by atoms with Gasteiger partial charge in [0.2, 0.25) is 5.91 Å². The lowest BCUT2D eigenvalue weighted by molar-refractivity contribution is -0.143. The maximum Gasteiger partial charge on any atom is 0.305 e. The number of carbonyl (C=O) groups excluding carboxylic acids is 2. The van der Waals surface area contributed by atoms with E-state index in [1.807, 2.05) is 6.08 Å². The second-order valence-electron chi connectivity index (χ2n) is 26.0. The SMILES string of the molecule is CCCCCC/C=C\C/C=C\CCCCCCCC(=O)OCCCCCCCCCCCCCCCCCCCCCCCCCCCCCCCCCCC(=O)NC(CO)C(O)/C=C/CCCCCCCCCCCCCCCCCC. The van der Waals surface area contributed by atoms with Gasteiger partial charge in [-0.2, -0.15) is 0 Å². The van der Waals surface area contributed by atoms with Crippen molar-refractivity contribution >= 4 is 11.9 Å². The van der Waals surface area contributed by atoms with Gasteiger partial charge in [0.25, 0.3) is 0 Å². The minimum atomic E-state index is -0.842. The van der Waals surface area contributed by atoms with Gasteiger partial charge in [0.1, 0.15) is 0 Å². The summed E-state index contributed by atoms with van der Waals surface area (Å²) < 4.78 is 5.50. The number of nitrogens with one attached hydrogen (secondary N) is 1. The van der Waals surface area contributed by atoms with Gasteiger partial charge in [-0.15, -0.1) is 0 Å². The van der Waals surface area contributed by atoms with Crippen LogP contribution in [0.1, 0.15) is 418 Å². The molecule has 6 nitrogen and oxygen atoms in total. The number of esters is 1. The summed E-state index contributed by atoms with van der Waals surface area (Å²) in [5.41, 5.74) is 0. The summed E-state index contributed by atoms with van der Waals surface area (Å²) >= 11 is 0. The second kappa shape index (κ2) is 72.6. The maximum absolute atomic E-state index is 12.5. The number of carbonyl (C=O) groups is 2. The molecule has 0 rings (SSSR count). The van der Waals surface area contributed by atoms with Crippen LogP contribution in [0.2, 0.25) is 0 Å². The van der Waals surface area contributed by atoms with Crippen LogP contribution >= 0.6 is 0 Å². The molecule has 83 heavy (non-hydrogen) atoms. The Hall–Kier alpha value is -1.92. The van der Waals surface area contributed by atoms with Crippen LogP contribution in [0.25, 0.3) is 0 Å². The quantitative estimate of drug-likeness (QED) is 0.0320. The van der Waals surface area contributed by atoms with Crippen molar-refractivity contribution < 1.29 is 24.5 Å². The predicted molar refractivity (Wildman–Crippen MR) is 366 cm³/mol. The number of allylic oxidation sites excluding steroid dienone is 5. The Bertz CT molecular complexity index is 1340. The molecule has 0 aromatic carbocycles. The van der Waals surface area contributed by atoms with Crippen LogP contribution in [-0.4, -0.2) is 47.4 Å². The number of rotatable bonds is 71. The molecule has 0 heterocycles. The molecule has 0 saturated heterocycles. The van der Waals surface area contributed by atoms with E-state index in [2.05, 4.69) is 43.5 Å². The summed E-state index contributed by atoms with van der Waals surface area (Å²) in [4.78, 5) is 24.6. The maximum atomic E-state index is 12.5. The first-order chi connectivity index (χ1) is 41.0. The number of aliphatic hydroxyl groups excluding tert-OH is 2. The van der Waals surface area contributed by atoms with Gasteiger partial charge < -0.3 is 20.3 Å². The van der Waals surface area contributed by atoms with Gasteiger partial charge in [-0.05, 0) is 64.2 Å². The molecule has 1 amide bonds. The molecule has 0 fully saturated rings. The number of aliphatic hydroxyl groups is 2. The van der Waals surface area contributed by atoms with Crippen molar-refractivity contribution in [3.63, 3.8) is 0 Å². The largest absolute Gasteiger partial charge is 0.466 e. The minimum Gasteiger partial charge on any atom is -0.466 e. The van der Waals surface area contributed by atoms with E-state index in [1.165, 1.54) is 340 Å². The topological polar surface area (TPSA) is 95.9 Å². The van der Waals surface area contributed by atoms with Crippen LogP contribution in [0.3, 0.4) is 0 Å². The average molecular weight is 1170 g/mol. The highest BCUT2D eigenvalue weighted by molar-refractivity contribution is 5.76. The van der Waals surface area contributed by atoms with Crippen LogP contribution in [0.5, 0.6) is 0 Å². The van der Waals surface area contributed by atoms with E-state index in [1.54, 1.807) is 6.08 Å². The zero-order valence-corrected chi connectivity index (χ0v) is 56.2. The number of hydrogen-bond acceptors (Lipinski definition) is 5. The molecule has 0 spiro atoms. The molecule has 0 aliphatic rings.